The van der Waals surface area contributed by atoms with E-state index in [9.17, 15) is 0 Å². The fraction of sp³-hybridized carbons (Fsp3) is 0.103. The minimum Gasteiger partial charge on any atom is -0.309 e. The van der Waals surface area contributed by atoms with Crippen molar-refractivity contribution in [3.8, 4) is 39.1 Å². The van der Waals surface area contributed by atoms with Gasteiger partial charge in [0, 0.05) is 44.0 Å². The van der Waals surface area contributed by atoms with Gasteiger partial charge in [0.15, 0.2) is 0 Å². The summed E-state index contributed by atoms with van der Waals surface area (Å²) in [5, 5.41) is 4.98. The molecule has 2 aliphatic carbocycles. The molecular weight excluding hydrogens is 725 g/mol. The highest BCUT2D eigenvalue weighted by molar-refractivity contribution is 6.11. The lowest BCUT2D eigenvalue weighted by molar-refractivity contribution is 0.660. The average molecular weight is 769 g/mol. The molecule has 2 heteroatoms. The predicted molar refractivity (Wildman–Crippen MR) is 254 cm³/mol. The second-order valence-electron chi connectivity index (χ2n) is 17.7. The van der Waals surface area contributed by atoms with Crippen LogP contribution >= 0.6 is 0 Å². The van der Waals surface area contributed by atoms with Crippen molar-refractivity contribution in [3.63, 3.8) is 0 Å². The molecule has 0 saturated carbocycles. The Morgan fingerprint density at radius 1 is 0.350 bits per heavy atom. The number of benzene rings is 9. The van der Waals surface area contributed by atoms with E-state index in [1.54, 1.807) is 0 Å². The van der Waals surface area contributed by atoms with Crippen LogP contribution in [0.1, 0.15) is 49.9 Å². The summed E-state index contributed by atoms with van der Waals surface area (Å²) in [5.41, 5.74) is 19.9. The second-order valence-corrected chi connectivity index (χ2v) is 17.7. The fourth-order valence-electron chi connectivity index (χ4n) is 11.0. The Balaban J connectivity index is 1.15. The van der Waals surface area contributed by atoms with E-state index in [0.717, 1.165) is 11.4 Å². The summed E-state index contributed by atoms with van der Waals surface area (Å²) < 4.78 is 2.41. The maximum atomic E-state index is 2.61. The monoisotopic (exact) mass is 768 g/mol. The third kappa shape index (κ3) is 4.76. The van der Waals surface area contributed by atoms with Crippen molar-refractivity contribution < 1.29 is 0 Å². The van der Waals surface area contributed by atoms with E-state index >= 15 is 0 Å². The summed E-state index contributed by atoms with van der Waals surface area (Å²) in [6.07, 6.45) is 0. The molecule has 1 heterocycles. The third-order valence-corrected chi connectivity index (χ3v) is 13.8. The number of hydrogen-bond donors (Lipinski definition) is 0. The Morgan fingerprint density at radius 2 is 0.800 bits per heavy atom. The minimum atomic E-state index is -0.143. The van der Waals surface area contributed by atoms with E-state index in [0.29, 0.717) is 0 Å². The highest BCUT2D eigenvalue weighted by atomic mass is 15.2. The zero-order valence-electron chi connectivity index (χ0n) is 34.4. The number of hydrogen-bond acceptors (Lipinski definition) is 1. The van der Waals surface area contributed by atoms with Crippen LogP contribution in [0.5, 0.6) is 0 Å². The average Bonchev–Trinajstić information content (AvgIpc) is 3.84. The van der Waals surface area contributed by atoms with Crippen molar-refractivity contribution in [1.29, 1.82) is 0 Å². The Labute approximate surface area is 351 Å². The molecular formula is C58H44N2. The number of para-hydroxylation sites is 2. The fourth-order valence-corrected chi connectivity index (χ4v) is 11.0. The van der Waals surface area contributed by atoms with E-state index < -0.39 is 0 Å². The van der Waals surface area contributed by atoms with E-state index in [1.807, 2.05) is 0 Å². The first kappa shape index (κ1) is 34.8. The van der Waals surface area contributed by atoms with Crippen molar-refractivity contribution in [1.82, 2.24) is 4.57 Å². The number of rotatable bonds is 5. The van der Waals surface area contributed by atoms with Crippen LogP contribution in [0.4, 0.5) is 17.1 Å². The Bertz CT molecular complexity index is 3220. The zero-order chi connectivity index (χ0) is 40.3. The first-order valence-corrected chi connectivity index (χ1v) is 21.2. The van der Waals surface area contributed by atoms with Crippen molar-refractivity contribution in [3.05, 3.63) is 216 Å². The standard InChI is InChI=1S/C58H44N2/c1-57(2)45-23-11-7-21-43(45)55-47(57)25-15-29-51(55)60(52-30-16-26-48-56(52)44-22-8-12-24-46(44)58(48,3)4)53-36-33-37-17-5-6-18-40(37)54(53)38-31-34-39(35-32-38)59-49-27-13-9-19-41(49)42-20-10-14-28-50(42)59/h5-36H,1-4H3. The van der Waals surface area contributed by atoms with Crippen molar-refractivity contribution in [2.24, 2.45) is 0 Å². The smallest absolute Gasteiger partial charge is 0.0547 e. The molecule has 0 atom stereocenters. The van der Waals surface area contributed by atoms with Crippen LogP contribution < -0.4 is 4.90 Å². The highest BCUT2D eigenvalue weighted by Gasteiger charge is 2.41. The van der Waals surface area contributed by atoms with Gasteiger partial charge in [-0.2, -0.15) is 0 Å². The largest absolute Gasteiger partial charge is 0.309 e. The molecule has 0 unspecified atom stereocenters. The van der Waals surface area contributed by atoms with Gasteiger partial charge in [-0.25, -0.2) is 0 Å². The number of anilines is 3. The first-order valence-electron chi connectivity index (χ1n) is 21.2. The van der Waals surface area contributed by atoms with E-state index in [-0.39, 0.29) is 10.8 Å². The lowest BCUT2D eigenvalue weighted by Gasteiger charge is -2.33. The molecule has 2 nitrogen and oxygen atoms in total. The van der Waals surface area contributed by atoms with Gasteiger partial charge in [-0.1, -0.05) is 179 Å². The molecule has 0 amide bonds. The van der Waals surface area contributed by atoms with Gasteiger partial charge in [0.25, 0.3) is 0 Å². The van der Waals surface area contributed by atoms with Gasteiger partial charge in [-0.15, -0.1) is 0 Å². The van der Waals surface area contributed by atoms with Crippen LogP contribution in [-0.4, -0.2) is 4.57 Å². The van der Waals surface area contributed by atoms with E-state index in [1.165, 1.54) is 99.6 Å². The quantitative estimate of drug-likeness (QED) is 0.169. The van der Waals surface area contributed by atoms with Crippen molar-refractivity contribution in [2.45, 2.75) is 38.5 Å². The molecule has 60 heavy (non-hydrogen) atoms. The minimum absolute atomic E-state index is 0.143. The number of aromatic nitrogens is 1. The van der Waals surface area contributed by atoms with Gasteiger partial charge in [0.05, 0.1) is 28.1 Å². The lowest BCUT2D eigenvalue weighted by Crippen LogP contribution is -2.17. The Kier molecular flexibility index (Phi) is 7.36. The molecule has 0 aliphatic heterocycles. The first-order chi connectivity index (χ1) is 29.3. The van der Waals surface area contributed by atoms with Gasteiger partial charge >= 0.3 is 0 Å². The lowest BCUT2D eigenvalue weighted by atomic mass is 9.82. The Hall–Kier alpha value is -7.16. The van der Waals surface area contributed by atoms with Crippen LogP contribution in [0.2, 0.25) is 0 Å². The van der Waals surface area contributed by atoms with Gasteiger partial charge < -0.3 is 9.47 Å². The van der Waals surface area contributed by atoms with E-state index in [4.69, 9.17) is 0 Å². The van der Waals surface area contributed by atoms with Crippen LogP contribution in [0.3, 0.4) is 0 Å². The SMILES string of the molecule is CC1(C)c2ccccc2-c2c(N(c3cccc4c3-c3ccccc3C4(C)C)c3ccc4ccccc4c3-c3ccc(-n4c5ccccc5c5ccccc54)cc3)cccc21. The predicted octanol–water partition coefficient (Wildman–Crippen LogP) is 15.7. The number of fused-ring (bicyclic) bond motifs is 10. The molecule has 9 aromatic carbocycles. The summed E-state index contributed by atoms with van der Waals surface area (Å²) in [6.45, 7) is 9.52. The summed E-state index contributed by atoms with van der Waals surface area (Å²) in [4.78, 5) is 2.61. The van der Waals surface area contributed by atoms with Gasteiger partial charge in [-0.05, 0) is 92.2 Å². The molecule has 0 radical (unpaired) electrons. The number of nitrogens with zero attached hydrogens (tertiary/aromatic N) is 2. The van der Waals surface area contributed by atoms with Crippen LogP contribution in [0.15, 0.2) is 194 Å². The maximum Gasteiger partial charge on any atom is 0.0547 e. The summed E-state index contributed by atoms with van der Waals surface area (Å²) in [6, 6.07) is 72.4. The van der Waals surface area contributed by atoms with Crippen LogP contribution in [-0.2, 0) is 10.8 Å². The maximum absolute atomic E-state index is 2.61. The van der Waals surface area contributed by atoms with Crippen LogP contribution in [0, 0.1) is 0 Å². The summed E-state index contributed by atoms with van der Waals surface area (Å²) in [5.74, 6) is 0. The highest BCUT2D eigenvalue weighted by Crippen LogP contribution is 2.59. The molecule has 286 valence electrons. The van der Waals surface area contributed by atoms with Gasteiger partial charge in [-0.3, -0.25) is 0 Å². The molecule has 0 spiro atoms. The summed E-state index contributed by atoms with van der Waals surface area (Å²) >= 11 is 0. The molecule has 1 aromatic heterocycles. The van der Waals surface area contributed by atoms with Crippen molar-refractivity contribution >= 4 is 49.6 Å². The Morgan fingerprint density at radius 3 is 1.37 bits per heavy atom. The normalized spacial score (nSPS) is 14.3. The molecule has 0 fully saturated rings. The summed E-state index contributed by atoms with van der Waals surface area (Å²) in [7, 11) is 0. The van der Waals surface area contributed by atoms with Gasteiger partial charge in [0.1, 0.15) is 0 Å². The van der Waals surface area contributed by atoms with Crippen LogP contribution in [0.25, 0.3) is 71.6 Å². The third-order valence-electron chi connectivity index (χ3n) is 13.8. The molecule has 0 saturated heterocycles. The molecule has 12 rings (SSSR count). The molecule has 2 aliphatic rings. The molecule has 0 N–H and O–H groups in total. The zero-order valence-corrected chi connectivity index (χ0v) is 34.4. The van der Waals surface area contributed by atoms with Gasteiger partial charge in [0.2, 0.25) is 0 Å². The molecule has 10 aromatic rings. The van der Waals surface area contributed by atoms with E-state index in [2.05, 4.69) is 231 Å². The second kappa shape index (κ2) is 12.7. The molecule has 0 bridgehead atoms. The topological polar surface area (TPSA) is 8.17 Å². The van der Waals surface area contributed by atoms with Crippen molar-refractivity contribution in [2.75, 3.05) is 4.90 Å².